The standard InChI is InChI=1S/C18H20O4/c1-18(21,14-9-6-10-15(11-14)22-2)12-16(17(19)20)13-7-4-3-5-8-13/h3-11,16,21H,12H2,1-2H3,(H,19,20). The molecule has 2 unspecified atom stereocenters. The second-order valence-electron chi connectivity index (χ2n) is 5.51. The monoisotopic (exact) mass is 300 g/mol. The Balaban J connectivity index is 2.30. The summed E-state index contributed by atoms with van der Waals surface area (Å²) in [6.45, 7) is 1.63. The van der Waals surface area contributed by atoms with Gasteiger partial charge in [-0.25, -0.2) is 0 Å². The van der Waals surface area contributed by atoms with Gasteiger partial charge in [-0.2, -0.15) is 0 Å². The number of rotatable bonds is 6. The van der Waals surface area contributed by atoms with E-state index in [9.17, 15) is 15.0 Å². The molecule has 22 heavy (non-hydrogen) atoms. The van der Waals surface area contributed by atoms with Gasteiger partial charge in [0.1, 0.15) is 5.75 Å². The number of carboxylic acids is 1. The first kappa shape index (κ1) is 16.0. The maximum atomic E-state index is 11.6. The Kier molecular flexibility index (Phi) is 4.83. The third kappa shape index (κ3) is 3.65. The fraction of sp³-hybridized carbons (Fsp3) is 0.278. The van der Waals surface area contributed by atoms with Gasteiger partial charge in [0.2, 0.25) is 0 Å². The second-order valence-corrected chi connectivity index (χ2v) is 5.51. The molecule has 0 bridgehead atoms. The van der Waals surface area contributed by atoms with E-state index in [0.29, 0.717) is 16.9 Å². The van der Waals surface area contributed by atoms with Crippen LogP contribution in [-0.2, 0) is 10.4 Å². The molecule has 2 rings (SSSR count). The zero-order valence-electron chi connectivity index (χ0n) is 12.7. The van der Waals surface area contributed by atoms with Crippen LogP contribution in [0.3, 0.4) is 0 Å². The van der Waals surface area contributed by atoms with Gasteiger partial charge in [0.15, 0.2) is 0 Å². The predicted octanol–water partition coefficient (Wildman–Crippen LogP) is 3.16. The van der Waals surface area contributed by atoms with Crippen molar-refractivity contribution in [1.29, 1.82) is 0 Å². The number of methoxy groups -OCH3 is 1. The van der Waals surface area contributed by atoms with E-state index in [2.05, 4.69) is 0 Å². The number of aliphatic hydroxyl groups is 1. The van der Waals surface area contributed by atoms with Gasteiger partial charge in [-0.15, -0.1) is 0 Å². The van der Waals surface area contributed by atoms with Crippen LogP contribution in [0.5, 0.6) is 5.75 Å². The number of ether oxygens (including phenoxy) is 1. The first-order chi connectivity index (χ1) is 10.4. The minimum atomic E-state index is -1.27. The van der Waals surface area contributed by atoms with Crippen molar-refractivity contribution in [3.05, 3.63) is 65.7 Å². The van der Waals surface area contributed by atoms with E-state index in [-0.39, 0.29) is 6.42 Å². The quantitative estimate of drug-likeness (QED) is 0.860. The molecule has 0 aliphatic rings. The minimum absolute atomic E-state index is 0.0829. The highest BCUT2D eigenvalue weighted by atomic mass is 16.5. The third-order valence-electron chi connectivity index (χ3n) is 3.79. The lowest BCUT2D eigenvalue weighted by Gasteiger charge is -2.27. The van der Waals surface area contributed by atoms with E-state index in [1.54, 1.807) is 62.6 Å². The average Bonchev–Trinajstić information content (AvgIpc) is 2.53. The Morgan fingerprint density at radius 3 is 2.45 bits per heavy atom. The normalized spacial score (nSPS) is 14.9. The number of carbonyl (C=O) groups is 1. The van der Waals surface area contributed by atoms with Gasteiger partial charge in [-0.05, 0) is 36.6 Å². The summed E-state index contributed by atoms with van der Waals surface area (Å²) >= 11 is 0. The number of hydrogen-bond donors (Lipinski definition) is 2. The van der Waals surface area contributed by atoms with Crippen molar-refractivity contribution < 1.29 is 19.7 Å². The molecule has 0 saturated carbocycles. The molecule has 0 aliphatic carbocycles. The van der Waals surface area contributed by atoms with E-state index in [4.69, 9.17) is 4.74 Å². The topological polar surface area (TPSA) is 66.8 Å². The molecule has 0 aliphatic heterocycles. The molecule has 2 atom stereocenters. The lowest BCUT2D eigenvalue weighted by molar-refractivity contribution is -0.140. The Labute approximate surface area is 130 Å². The molecule has 4 heteroatoms. The summed E-state index contributed by atoms with van der Waals surface area (Å²) in [4.78, 5) is 11.6. The molecule has 2 aromatic carbocycles. The smallest absolute Gasteiger partial charge is 0.311 e. The molecule has 0 radical (unpaired) electrons. The van der Waals surface area contributed by atoms with Crippen molar-refractivity contribution in [3.8, 4) is 5.75 Å². The van der Waals surface area contributed by atoms with Gasteiger partial charge in [-0.3, -0.25) is 4.79 Å². The summed E-state index contributed by atoms with van der Waals surface area (Å²) in [5, 5.41) is 20.3. The SMILES string of the molecule is COc1cccc(C(C)(O)CC(C(=O)O)c2ccccc2)c1. The van der Waals surface area contributed by atoms with Gasteiger partial charge in [-0.1, -0.05) is 42.5 Å². The van der Waals surface area contributed by atoms with E-state index in [1.165, 1.54) is 0 Å². The van der Waals surface area contributed by atoms with Gasteiger partial charge in [0, 0.05) is 0 Å². The van der Waals surface area contributed by atoms with Crippen molar-refractivity contribution in [1.82, 2.24) is 0 Å². The lowest BCUT2D eigenvalue weighted by Crippen LogP contribution is -2.27. The second kappa shape index (κ2) is 6.62. The molecule has 2 aromatic rings. The zero-order chi connectivity index (χ0) is 16.2. The van der Waals surface area contributed by atoms with Crippen molar-refractivity contribution >= 4 is 5.97 Å². The van der Waals surface area contributed by atoms with Crippen LogP contribution in [0, 0.1) is 0 Å². The molecule has 0 saturated heterocycles. The highest BCUT2D eigenvalue weighted by Crippen LogP contribution is 2.34. The first-order valence-corrected chi connectivity index (χ1v) is 7.08. The summed E-state index contributed by atoms with van der Waals surface area (Å²) in [6.07, 6.45) is 0.0829. The molecule has 0 amide bonds. The van der Waals surface area contributed by atoms with E-state index >= 15 is 0 Å². The van der Waals surface area contributed by atoms with Crippen molar-refractivity contribution in [2.45, 2.75) is 24.9 Å². The fourth-order valence-corrected chi connectivity index (χ4v) is 2.51. The number of hydrogen-bond acceptors (Lipinski definition) is 3. The molecule has 116 valence electrons. The highest BCUT2D eigenvalue weighted by molar-refractivity contribution is 5.76. The number of benzene rings is 2. The van der Waals surface area contributed by atoms with Gasteiger partial charge in [0.05, 0.1) is 18.6 Å². The zero-order valence-corrected chi connectivity index (χ0v) is 12.7. The number of carboxylic acid groups (broad SMARTS) is 1. The van der Waals surface area contributed by atoms with Crippen LogP contribution in [0.15, 0.2) is 54.6 Å². The van der Waals surface area contributed by atoms with Crippen LogP contribution >= 0.6 is 0 Å². The van der Waals surface area contributed by atoms with E-state index < -0.39 is 17.5 Å². The third-order valence-corrected chi connectivity index (χ3v) is 3.79. The Hall–Kier alpha value is -2.33. The molecular formula is C18H20O4. The summed E-state index contributed by atoms with van der Waals surface area (Å²) in [5.41, 5.74) is 0.0418. The van der Waals surface area contributed by atoms with Gasteiger partial charge in [0.25, 0.3) is 0 Å². The fourth-order valence-electron chi connectivity index (χ4n) is 2.51. The largest absolute Gasteiger partial charge is 0.497 e. The van der Waals surface area contributed by atoms with Crippen LogP contribution in [0.1, 0.15) is 30.4 Å². The Morgan fingerprint density at radius 2 is 1.86 bits per heavy atom. The van der Waals surface area contributed by atoms with Crippen LogP contribution in [0.2, 0.25) is 0 Å². The molecule has 2 N–H and O–H groups in total. The maximum absolute atomic E-state index is 11.6. The molecule has 0 fully saturated rings. The maximum Gasteiger partial charge on any atom is 0.311 e. The molecule has 4 nitrogen and oxygen atoms in total. The molecular weight excluding hydrogens is 280 g/mol. The Bertz CT molecular complexity index is 635. The predicted molar refractivity (Wildman–Crippen MR) is 84.0 cm³/mol. The molecule has 0 aromatic heterocycles. The summed E-state index contributed by atoms with van der Waals surface area (Å²) in [5.74, 6) is -1.10. The van der Waals surface area contributed by atoms with Gasteiger partial charge < -0.3 is 14.9 Å². The van der Waals surface area contributed by atoms with E-state index in [1.807, 2.05) is 6.07 Å². The van der Waals surface area contributed by atoms with Crippen LogP contribution in [-0.4, -0.2) is 23.3 Å². The lowest BCUT2D eigenvalue weighted by atomic mass is 9.83. The minimum Gasteiger partial charge on any atom is -0.497 e. The first-order valence-electron chi connectivity index (χ1n) is 7.08. The van der Waals surface area contributed by atoms with Crippen LogP contribution in [0.25, 0.3) is 0 Å². The molecule has 0 heterocycles. The molecule has 0 spiro atoms. The Morgan fingerprint density at radius 1 is 1.18 bits per heavy atom. The van der Waals surface area contributed by atoms with Crippen molar-refractivity contribution in [3.63, 3.8) is 0 Å². The van der Waals surface area contributed by atoms with Crippen LogP contribution in [0.4, 0.5) is 0 Å². The van der Waals surface area contributed by atoms with Crippen molar-refractivity contribution in [2.24, 2.45) is 0 Å². The number of aliphatic carboxylic acids is 1. The van der Waals surface area contributed by atoms with Gasteiger partial charge >= 0.3 is 5.97 Å². The summed E-state index contributed by atoms with van der Waals surface area (Å²) < 4.78 is 5.16. The summed E-state index contributed by atoms with van der Waals surface area (Å²) in [6, 6.07) is 16.0. The van der Waals surface area contributed by atoms with Crippen LogP contribution < -0.4 is 4.74 Å². The average molecular weight is 300 g/mol. The highest BCUT2D eigenvalue weighted by Gasteiger charge is 2.32. The van der Waals surface area contributed by atoms with Crippen molar-refractivity contribution in [2.75, 3.05) is 7.11 Å². The van der Waals surface area contributed by atoms with E-state index in [0.717, 1.165) is 0 Å². The summed E-state index contributed by atoms with van der Waals surface area (Å²) in [7, 11) is 1.55.